The van der Waals surface area contributed by atoms with Gasteiger partial charge in [0.25, 0.3) is 0 Å². The van der Waals surface area contributed by atoms with E-state index in [0.717, 1.165) is 57.2 Å². The molecule has 0 atom stereocenters. The Morgan fingerprint density at radius 1 is 1.07 bits per heavy atom. The van der Waals surface area contributed by atoms with Crippen molar-refractivity contribution in [1.29, 1.82) is 0 Å². The predicted molar refractivity (Wildman–Crippen MR) is 123 cm³/mol. The molecule has 2 fully saturated rings. The Morgan fingerprint density at radius 2 is 1.80 bits per heavy atom. The highest BCUT2D eigenvalue weighted by Crippen LogP contribution is 2.39. The van der Waals surface area contributed by atoms with E-state index in [4.69, 9.17) is 17.0 Å². The molecule has 7 heteroatoms. The molecule has 1 saturated heterocycles. The molecule has 30 heavy (non-hydrogen) atoms. The number of nitrogens with zero attached hydrogens (tertiary/aromatic N) is 2. The maximum Gasteiger partial charge on any atom is 0.170 e. The first kappa shape index (κ1) is 21.0. The number of aromatic nitrogens is 1. The molecule has 1 aliphatic carbocycles. The zero-order valence-corrected chi connectivity index (χ0v) is 18.0. The van der Waals surface area contributed by atoms with E-state index in [2.05, 4.69) is 20.5 Å². The summed E-state index contributed by atoms with van der Waals surface area (Å²) in [5.74, 6) is 0.767. The summed E-state index contributed by atoms with van der Waals surface area (Å²) in [7, 11) is 0. The summed E-state index contributed by atoms with van der Waals surface area (Å²) in [4.78, 5) is 6.78. The molecule has 1 aliphatic heterocycles. The lowest BCUT2D eigenvalue weighted by molar-refractivity contribution is 0.122. The quantitative estimate of drug-likeness (QED) is 0.695. The smallest absolute Gasteiger partial charge is 0.170 e. The van der Waals surface area contributed by atoms with Gasteiger partial charge in [0.2, 0.25) is 0 Å². The van der Waals surface area contributed by atoms with Gasteiger partial charge in [-0.15, -0.1) is 0 Å². The molecular formula is C23H29FN4OS. The number of rotatable bonds is 5. The summed E-state index contributed by atoms with van der Waals surface area (Å²) in [6.07, 6.45) is 7.62. The fourth-order valence-corrected chi connectivity index (χ4v) is 4.65. The second kappa shape index (κ2) is 9.71. The summed E-state index contributed by atoms with van der Waals surface area (Å²) in [6.45, 7) is 3.96. The molecule has 1 aromatic carbocycles. The number of pyridine rings is 1. The maximum atomic E-state index is 13.4. The first-order chi connectivity index (χ1) is 14.6. The van der Waals surface area contributed by atoms with Crippen molar-refractivity contribution >= 4 is 28.8 Å². The molecule has 2 aliphatic rings. The van der Waals surface area contributed by atoms with Gasteiger partial charge >= 0.3 is 0 Å². The number of benzene rings is 1. The summed E-state index contributed by atoms with van der Waals surface area (Å²) in [5, 5.41) is 7.23. The summed E-state index contributed by atoms with van der Waals surface area (Å²) in [6, 6.07) is 11.0. The Kier molecular flexibility index (Phi) is 6.79. The second-order valence-electron chi connectivity index (χ2n) is 8.16. The lowest BCUT2D eigenvalue weighted by atomic mass is 9.69. The van der Waals surface area contributed by atoms with Gasteiger partial charge in [-0.2, -0.15) is 0 Å². The van der Waals surface area contributed by atoms with Crippen LogP contribution in [0.5, 0.6) is 0 Å². The van der Waals surface area contributed by atoms with Crippen molar-refractivity contribution in [2.45, 2.75) is 37.5 Å². The zero-order chi connectivity index (χ0) is 20.8. The van der Waals surface area contributed by atoms with E-state index in [9.17, 15) is 4.39 Å². The maximum absolute atomic E-state index is 13.4. The van der Waals surface area contributed by atoms with Crippen LogP contribution < -0.4 is 15.5 Å². The van der Waals surface area contributed by atoms with Crippen LogP contribution in [0.1, 0.15) is 37.7 Å². The minimum Gasteiger partial charge on any atom is -0.378 e. The van der Waals surface area contributed by atoms with Gasteiger partial charge in [0.1, 0.15) is 11.6 Å². The fraction of sp³-hybridized carbons (Fsp3) is 0.478. The zero-order valence-electron chi connectivity index (χ0n) is 17.2. The highest BCUT2D eigenvalue weighted by molar-refractivity contribution is 7.80. The van der Waals surface area contributed by atoms with Crippen molar-refractivity contribution in [3.63, 3.8) is 0 Å². The highest BCUT2D eigenvalue weighted by atomic mass is 32.1. The Morgan fingerprint density at radius 3 is 2.47 bits per heavy atom. The highest BCUT2D eigenvalue weighted by Gasteiger charge is 2.34. The van der Waals surface area contributed by atoms with Crippen LogP contribution in [0.4, 0.5) is 15.9 Å². The first-order valence-corrected chi connectivity index (χ1v) is 11.2. The molecule has 160 valence electrons. The fourth-order valence-electron chi connectivity index (χ4n) is 4.46. The van der Waals surface area contributed by atoms with Gasteiger partial charge in [0, 0.05) is 25.0 Å². The van der Waals surface area contributed by atoms with Crippen LogP contribution in [0.2, 0.25) is 0 Å². The van der Waals surface area contributed by atoms with Crippen LogP contribution in [0.25, 0.3) is 0 Å². The van der Waals surface area contributed by atoms with E-state index in [0.29, 0.717) is 5.11 Å². The summed E-state index contributed by atoms with van der Waals surface area (Å²) < 4.78 is 18.8. The molecule has 2 aromatic rings. The van der Waals surface area contributed by atoms with E-state index in [1.807, 2.05) is 30.5 Å². The van der Waals surface area contributed by atoms with Gasteiger partial charge < -0.3 is 20.3 Å². The summed E-state index contributed by atoms with van der Waals surface area (Å²) >= 11 is 5.55. The number of nitrogens with one attached hydrogen (secondary N) is 2. The molecule has 0 spiro atoms. The molecule has 0 radical (unpaired) electrons. The molecule has 2 N–H and O–H groups in total. The average molecular weight is 429 g/mol. The lowest BCUT2D eigenvalue weighted by Crippen LogP contribution is -2.43. The molecule has 1 saturated carbocycles. The Labute approximate surface area is 183 Å². The van der Waals surface area contributed by atoms with Crippen molar-refractivity contribution < 1.29 is 9.13 Å². The third kappa shape index (κ3) is 5.08. The largest absolute Gasteiger partial charge is 0.378 e. The van der Waals surface area contributed by atoms with E-state index >= 15 is 0 Å². The standard InChI is InChI=1S/C23H29FN4OS/c24-19-6-4-18(5-7-19)23(10-2-1-3-11-23)17-26-22(30)27-20-8-9-21(25-16-20)28-12-14-29-15-13-28/h4-9,16H,1-3,10-15,17H2,(H2,26,27,30). The van der Waals surface area contributed by atoms with E-state index in [-0.39, 0.29) is 11.2 Å². The van der Waals surface area contributed by atoms with Crippen LogP contribution in [0.15, 0.2) is 42.6 Å². The third-order valence-electron chi connectivity index (χ3n) is 6.20. The van der Waals surface area contributed by atoms with Crippen LogP contribution >= 0.6 is 12.2 Å². The van der Waals surface area contributed by atoms with Gasteiger partial charge in [-0.1, -0.05) is 31.4 Å². The van der Waals surface area contributed by atoms with Gasteiger partial charge in [-0.3, -0.25) is 0 Å². The molecule has 1 aromatic heterocycles. The van der Waals surface area contributed by atoms with Crippen LogP contribution in [0, 0.1) is 5.82 Å². The minimum atomic E-state index is -0.192. The summed E-state index contributed by atoms with van der Waals surface area (Å²) in [5.41, 5.74) is 2.05. The van der Waals surface area contributed by atoms with Gasteiger partial charge in [-0.25, -0.2) is 9.37 Å². The van der Waals surface area contributed by atoms with Crippen molar-refractivity contribution in [3.8, 4) is 0 Å². The van der Waals surface area contributed by atoms with E-state index in [1.54, 1.807) is 12.1 Å². The monoisotopic (exact) mass is 428 g/mol. The number of anilines is 2. The minimum absolute atomic E-state index is 0.00384. The molecule has 0 amide bonds. The first-order valence-electron chi connectivity index (χ1n) is 10.7. The van der Waals surface area contributed by atoms with Gasteiger partial charge in [-0.05, 0) is 54.9 Å². The van der Waals surface area contributed by atoms with Crippen LogP contribution in [0.3, 0.4) is 0 Å². The SMILES string of the molecule is Fc1ccc(C2(CNC(=S)Nc3ccc(N4CCOCC4)nc3)CCCCC2)cc1. The third-order valence-corrected chi connectivity index (χ3v) is 6.44. The molecule has 2 heterocycles. The molecule has 0 bridgehead atoms. The molecular weight excluding hydrogens is 399 g/mol. The number of ether oxygens (including phenoxy) is 1. The van der Waals surface area contributed by atoms with Crippen LogP contribution in [-0.4, -0.2) is 42.9 Å². The van der Waals surface area contributed by atoms with E-state index < -0.39 is 0 Å². The number of morpholine rings is 1. The predicted octanol–water partition coefficient (Wildman–Crippen LogP) is 4.25. The van der Waals surface area contributed by atoms with Gasteiger partial charge in [0.15, 0.2) is 5.11 Å². The topological polar surface area (TPSA) is 49.4 Å². The normalized spacial score (nSPS) is 18.6. The van der Waals surface area contributed by atoms with E-state index in [1.165, 1.54) is 24.8 Å². The Hall–Kier alpha value is -2.25. The number of thiocarbonyl (C=S) groups is 1. The van der Waals surface area contributed by atoms with Crippen molar-refractivity contribution in [3.05, 3.63) is 54.0 Å². The molecule has 4 rings (SSSR count). The number of hydrogen-bond donors (Lipinski definition) is 2. The lowest BCUT2D eigenvalue weighted by Gasteiger charge is -2.38. The second-order valence-corrected chi connectivity index (χ2v) is 8.57. The van der Waals surface area contributed by atoms with Crippen molar-refractivity contribution in [2.24, 2.45) is 0 Å². The van der Waals surface area contributed by atoms with Crippen molar-refractivity contribution in [1.82, 2.24) is 10.3 Å². The molecule has 5 nitrogen and oxygen atoms in total. The van der Waals surface area contributed by atoms with Crippen molar-refractivity contribution in [2.75, 3.05) is 43.1 Å². The van der Waals surface area contributed by atoms with Crippen LogP contribution in [-0.2, 0) is 10.2 Å². The Balaban J connectivity index is 1.36. The number of hydrogen-bond acceptors (Lipinski definition) is 4. The molecule has 0 unspecified atom stereocenters. The average Bonchev–Trinajstić information content (AvgIpc) is 2.80. The van der Waals surface area contributed by atoms with Gasteiger partial charge in [0.05, 0.1) is 25.1 Å². The Bertz CT molecular complexity index is 831. The number of halogens is 1.